The van der Waals surface area contributed by atoms with Gasteiger partial charge in [-0.15, -0.1) is 12.4 Å². The van der Waals surface area contributed by atoms with Crippen molar-refractivity contribution in [2.45, 2.75) is 6.04 Å². The Hall–Kier alpha value is -2.11. The number of nitrogen functional groups attached to an aromatic ring is 1. The number of pyridine rings is 1. The second-order valence-corrected chi connectivity index (χ2v) is 5.63. The molecule has 5 nitrogen and oxygen atoms in total. The number of anilines is 1. The van der Waals surface area contributed by atoms with Crippen molar-refractivity contribution < 1.29 is 4.79 Å². The largest absolute Gasteiger partial charge is 0.384 e. The third-order valence-corrected chi connectivity index (χ3v) is 4.02. The van der Waals surface area contributed by atoms with Gasteiger partial charge in [-0.25, -0.2) is 4.98 Å². The molecule has 23 heavy (non-hydrogen) atoms. The standard InChI is InChI=1S/C17H20N4O.ClH/c1-20-10-11-21(15(12-20)13-6-3-2-4-7-13)17(22)14-8-5-9-16(18)19-14;/h2-9,15H,10-12H2,1H3,(H2,18,19);1H. The van der Waals surface area contributed by atoms with E-state index in [0.717, 1.165) is 18.7 Å². The van der Waals surface area contributed by atoms with Crippen molar-refractivity contribution in [3.63, 3.8) is 0 Å². The number of benzene rings is 1. The number of aromatic nitrogens is 1. The van der Waals surface area contributed by atoms with Gasteiger partial charge in [-0.05, 0) is 24.7 Å². The van der Waals surface area contributed by atoms with Crippen molar-refractivity contribution in [3.05, 3.63) is 59.8 Å². The third-order valence-electron chi connectivity index (χ3n) is 4.02. The van der Waals surface area contributed by atoms with E-state index in [2.05, 4.69) is 29.1 Å². The molecule has 0 radical (unpaired) electrons. The monoisotopic (exact) mass is 332 g/mol. The van der Waals surface area contributed by atoms with E-state index in [1.165, 1.54) is 0 Å². The number of rotatable bonds is 2. The van der Waals surface area contributed by atoms with Gasteiger partial charge in [0.1, 0.15) is 11.5 Å². The fourth-order valence-corrected chi connectivity index (χ4v) is 2.84. The summed E-state index contributed by atoms with van der Waals surface area (Å²) in [6, 6.07) is 15.3. The van der Waals surface area contributed by atoms with Gasteiger partial charge in [-0.2, -0.15) is 0 Å². The number of hydrogen-bond acceptors (Lipinski definition) is 4. The Morgan fingerprint density at radius 3 is 2.57 bits per heavy atom. The Morgan fingerprint density at radius 1 is 1.13 bits per heavy atom. The van der Waals surface area contributed by atoms with E-state index in [-0.39, 0.29) is 24.4 Å². The molecule has 1 amide bonds. The number of nitrogens with zero attached hydrogens (tertiary/aromatic N) is 3. The average molecular weight is 333 g/mol. The van der Waals surface area contributed by atoms with Crippen LogP contribution in [-0.4, -0.2) is 47.4 Å². The summed E-state index contributed by atoms with van der Waals surface area (Å²) in [5.41, 5.74) is 7.26. The minimum Gasteiger partial charge on any atom is -0.384 e. The molecule has 1 fully saturated rings. The number of likely N-dealkylation sites (N-methyl/N-ethyl adjacent to an activating group) is 1. The molecule has 1 aromatic heterocycles. The lowest BCUT2D eigenvalue weighted by Gasteiger charge is -2.40. The van der Waals surface area contributed by atoms with Gasteiger partial charge in [0.05, 0.1) is 6.04 Å². The summed E-state index contributed by atoms with van der Waals surface area (Å²) in [4.78, 5) is 21.1. The lowest BCUT2D eigenvalue weighted by Crippen LogP contribution is -2.49. The van der Waals surface area contributed by atoms with Crippen LogP contribution in [0.2, 0.25) is 0 Å². The molecule has 2 aromatic rings. The molecule has 3 rings (SSSR count). The van der Waals surface area contributed by atoms with Gasteiger partial charge in [-0.1, -0.05) is 36.4 Å². The maximum absolute atomic E-state index is 12.8. The Kier molecular flexibility index (Phi) is 5.58. The molecular weight excluding hydrogens is 312 g/mol. The number of piperazine rings is 1. The van der Waals surface area contributed by atoms with E-state index in [4.69, 9.17) is 5.73 Å². The summed E-state index contributed by atoms with van der Waals surface area (Å²) in [7, 11) is 2.08. The lowest BCUT2D eigenvalue weighted by molar-refractivity contribution is 0.0492. The summed E-state index contributed by atoms with van der Waals surface area (Å²) in [5, 5.41) is 0. The summed E-state index contributed by atoms with van der Waals surface area (Å²) in [6.45, 7) is 2.36. The van der Waals surface area contributed by atoms with Crippen molar-refractivity contribution in [3.8, 4) is 0 Å². The smallest absolute Gasteiger partial charge is 0.273 e. The van der Waals surface area contributed by atoms with Gasteiger partial charge in [-0.3, -0.25) is 4.79 Å². The van der Waals surface area contributed by atoms with Crippen LogP contribution < -0.4 is 5.73 Å². The van der Waals surface area contributed by atoms with Gasteiger partial charge in [0, 0.05) is 19.6 Å². The molecule has 2 heterocycles. The Labute approximate surface area is 142 Å². The van der Waals surface area contributed by atoms with Crippen molar-refractivity contribution in [2.24, 2.45) is 0 Å². The molecule has 0 spiro atoms. The highest BCUT2D eigenvalue weighted by molar-refractivity contribution is 5.93. The zero-order valence-corrected chi connectivity index (χ0v) is 13.9. The first-order valence-corrected chi connectivity index (χ1v) is 7.42. The second kappa shape index (κ2) is 7.44. The fraction of sp³-hybridized carbons (Fsp3) is 0.294. The van der Waals surface area contributed by atoms with E-state index in [1.807, 2.05) is 23.1 Å². The Balaban J connectivity index is 0.00000192. The number of nitrogens with two attached hydrogens (primary N) is 1. The quantitative estimate of drug-likeness (QED) is 0.916. The van der Waals surface area contributed by atoms with Crippen LogP contribution in [-0.2, 0) is 0 Å². The topological polar surface area (TPSA) is 62.5 Å². The third kappa shape index (κ3) is 3.81. The molecule has 6 heteroatoms. The van der Waals surface area contributed by atoms with E-state index in [0.29, 0.717) is 18.1 Å². The molecule has 1 atom stereocenters. The van der Waals surface area contributed by atoms with Gasteiger partial charge in [0.2, 0.25) is 0 Å². The van der Waals surface area contributed by atoms with Crippen molar-refractivity contribution in [1.82, 2.24) is 14.8 Å². The highest BCUT2D eigenvalue weighted by Crippen LogP contribution is 2.26. The first-order chi connectivity index (χ1) is 10.6. The zero-order valence-electron chi connectivity index (χ0n) is 13.1. The maximum atomic E-state index is 12.8. The van der Waals surface area contributed by atoms with Gasteiger partial charge < -0.3 is 15.5 Å². The molecule has 1 aromatic carbocycles. The minimum absolute atomic E-state index is 0. The molecule has 0 saturated carbocycles. The van der Waals surface area contributed by atoms with Crippen LogP contribution in [0.5, 0.6) is 0 Å². The highest BCUT2D eigenvalue weighted by atomic mass is 35.5. The van der Waals surface area contributed by atoms with Gasteiger partial charge in [0.25, 0.3) is 5.91 Å². The number of carbonyl (C=O) groups is 1. The molecule has 0 bridgehead atoms. The van der Waals surface area contributed by atoms with Crippen LogP contribution in [0.3, 0.4) is 0 Å². The summed E-state index contributed by atoms with van der Waals surface area (Å²) in [6.07, 6.45) is 0. The average Bonchev–Trinajstić information content (AvgIpc) is 2.55. The highest BCUT2D eigenvalue weighted by Gasteiger charge is 2.31. The van der Waals surface area contributed by atoms with Crippen LogP contribution in [0.25, 0.3) is 0 Å². The Bertz CT molecular complexity index is 665. The zero-order chi connectivity index (χ0) is 15.5. The first-order valence-electron chi connectivity index (χ1n) is 7.42. The van der Waals surface area contributed by atoms with E-state index < -0.39 is 0 Å². The number of amides is 1. The molecule has 1 aliphatic rings. The van der Waals surface area contributed by atoms with E-state index in [9.17, 15) is 4.79 Å². The molecule has 122 valence electrons. The van der Waals surface area contributed by atoms with E-state index in [1.54, 1.807) is 18.2 Å². The number of carbonyl (C=O) groups excluding carboxylic acids is 1. The van der Waals surface area contributed by atoms with Crippen LogP contribution >= 0.6 is 12.4 Å². The molecule has 1 aliphatic heterocycles. The van der Waals surface area contributed by atoms with Crippen LogP contribution in [0.4, 0.5) is 5.82 Å². The SMILES string of the molecule is CN1CCN(C(=O)c2cccc(N)n2)C(c2ccccc2)C1.Cl. The summed E-state index contributed by atoms with van der Waals surface area (Å²) < 4.78 is 0. The molecule has 0 aliphatic carbocycles. The molecular formula is C17H21ClN4O. The Morgan fingerprint density at radius 2 is 1.87 bits per heavy atom. The van der Waals surface area contributed by atoms with E-state index >= 15 is 0 Å². The molecule has 1 saturated heterocycles. The predicted molar refractivity (Wildman–Crippen MR) is 93.6 cm³/mol. The van der Waals surface area contributed by atoms with Crippen molar-refractivity contribution in [1.29, 1.82) is 0 Å². The minimum atomic E-state index is -0.0609. The predicted octanol–water partition coefficient (Wildman–Crippen LogP) is 2.21. The van der Waals surface area contributed by atoms with Crippen LogP contribution in [0.1, 0.15) is 22.1 Å². The number of hydrogen-bond donors (Lipinski definition) is 1. The molecule has 1 unspecified atom stereocenters. The van der Waals surface area contributed by atoms with Gasteiger partial charge >= 0.3 is 0 Å². The van der Waals surface area contributed by atoms with Crippen molar-refractivity contribution >= 4 is 24.1 Å². The number of halogens is 1. The summed E-state index contributed by atoms with van der Waals surface area (Å²) in [5.74, 6) is 0.311. The fourth-order valence-electron chi connectivity index (χ4n) is 2.84. The van der Waals surface area contributed by atoms with Crippen LogP contribution in [0, 0.1) is 0 Å². The maximum Gasteiger partial charge on any atom is 0.273 e. The normalized spacial score (nSPS) is 18.3. The lowest BCUT2D eigenvalue weighted by atomic mass is 10.0. The second-order valence-electron chi connectivity index (χ2n) is 5.63. The van der Waals surface area contributed by atoms with Gasteiger partial charge in [0.15, 0.2) is 0 Å². The summed E-state index contributed by atoms with van der Waals surface area (Å²) >= 11 is 0. The molecule has 2 N–H and O–H groups in total. The van der Waals surface area contributed by atoms with Crippen LogP contribution in [0.15, 0.2) is 48.5 Å². The van der Waals surface area contributed by atoms with Crippen molar-refractivity contribution in [2.75, 3.05) is 32.4 Å². The first kappa shape index (κ1) is 17.2.